The minimum Gasteiger partial charge on any atom is -0.143 e. The van der Waals surface area contributed by atoms with Crippen molar-refractivity contribution in [2.24, 2.45) is 0 Å². The number of benzene rings is 2. The number of hydrogen-bond acceptors (Lipinski definition) is 2. The van der Waals surface area contributed by atoms with Crippen molar-refractivity contribution < 1.29 is 0 Å². The van der Waals surface area contributed by atoms with Crippen LogP contribution in [0.4, 0.5) is 0 Å². The van der Waals surface area contributed by atoms with Gasteiger partial charge in [0.05, 0.1) is 0 Å². The van der Waals surface area contributed by atoms with Crippen molar-refractivity contribution in [3.05, 3.63) is 48.5 Å². The molecule has 0 unspecified atom stereocenters. The van der Waals surface area contributed by atoms with Crippen molar-refractivity contribution in [2.45, 2.75) is 9.79 Å². The number of hydrogen-bond donors (Lipinski definition) is 2. The predicted molar refractivity (Wildman–Crippen MR) is 77.9 cm³/mol. The Bertz CT molecular complexity index is 380. The van der Waals surface area contributed by atoms with Gasteiger partial charge in [-0.25, -0.2) is 0 Å². The van der Waals surface area contributed by atoms with Crippen molar-refractivity contribution >= 4 is 84.4 Å². The minimum absolute atomic E-state index is 0. The Labute approximate surface area is 152 Å². The summed E-state index contributed by atoms with van der Waals surface area (Å²) >= 11 is 8.50. The Kier molecular flexibility index (Phi) is 8.87. The van der Waals surface area contributed by atoms with E-state index >= 15 is 0 Å². The van der Waals surface area contributed by atoms with Crippen LogP contribution in [0.15, 0.2) is 58.3 Å². The van der Waals surface area contributed by atoms with Gasteiger partial charge >= 0.3 is 0 Å². The monoisotopic (exact) mass is 264 g/mol. The Morgan fingerprint density at radius 1 is 0.500 bits per heavy atom. The molecule has 2 rings (SSSR count). The third kappa shape index (κ3) is 4.79. The van der Waals surface area contributed by atoms with E-state index in [2.05, 4.69) is 49.5 Å². The van der Waals surface area contributed by atoms with E-state index in [0.717, 1.165) is 9.79 Å². The smallest absolute Gasteiger partial charge is 0.00404 e. The third-order valence-electron chi connectivity index (χ3n) is 2.07. The van der Waals surface area contributed by atoms with Crippen LogP contribution in [-0.2, 0) is 0 Å². The van der Waals surface area contributed by atoms with Crippen LogP contribution in [0.1, 0.15) is 0 Å². The first-order valence-corrected chi connectivity index (χ1v) is 5.23. The predicted octanol–water partition coefficient (Wildman–Crippen LogP) is 3.17. The molecule has 0 heterocycles. The van der Waals surface area contributed by atoms with E-state index in [1.54, 1.807) is 0 Å². The molecule has 0 fully saturated rings. The topological polar surface area (TPSA) is 0 Å². The van der Waals surface area contributed by atoms with Crippen LogP contribution >= 0.6 is 25.3 Å². The first-order chi connectivity index (χ1) is 6.75. The summed E-state index contributed by atoms with van der Waals surface area (Å²) < 4.78 is 0. The fourth-order valence-corrected chi connectivity index (χ4v) is 1.61. The Hall–Kier alpha value is 1.14. The molecule has 0 aromatic heterocycles. The Morgan fingerprint density at radius 2 is 0.750 bits per heavy atom. The summed E-state index contributed by atoms with van der Waals surface area (Å²) in [4.78, 5) is 1.97. The molecule has 0 aliphatic rings. The van der Waals surface area contributed by atoms with Crippen molar-refractivity contribution in [3.8, 4) is 11.1 Å². The average molecular weight is 264 g/mol. The zero-order valence-electron chi connectivity index (χ0n) is 9.51. The average Bonchev–Trinajstić information content (AvgIpc) is 2.21. The first-order valence-electron chi connectivity index (χ1n) is 4.34. The second-order valence-corrected chi connectivity index (χ2v) is 4.13. The molecular weight excluding hydrogens is 254 g/mol. The maximum Gasteiger partial charge on any atom is 0.00404 e. The summed E-state index contributed by atoms with van der Waals surface area (Å²) in [5, 5.41) is 0. The van der Waals surface area contributed by atoms with E-state index in [4.69, 9.17) is 0 Å². The Balaban J connectivity index is 0.00000112. The normalized spacial score (nSPS) is 8.88. The van der Waals surface area contributed by atoms with Gasteiger partial charge in [-0.2, -0.15) is 0 Å². The molecule has 2 aromatic rings. The molecule has 0 atom stereocenters. The summed E-state index contributed by atoms with van der Waals surface area (Å²) in [6.07, 6.45) is 0. The summed E-state index contributed by atoms with van der Waals surface area (Å²) in [7, 11) is 0. The Morgan fingerprint density at radius 3 is 1.00 bits per heavy atom. The molecule has 4 heteroatoms. The molecule has 0 aliphatic heterocycles. The van der Waals surface area contributed by atoms with Crippen molar-refractivity contribution in [1.29, 1.82) is 0 Å². The molecule has 0 aliphatic carbocycles. The van der Waals surface area contributed by atoms with E-state index < -0.39 is 0 Å². The van der Waals surface area contributed by atoms with Gasteiger partial charge in [-0.3, -0.25) is 0 Å². The molecule has 0 bridgehead atoms. The van der Waals surface area contributed by atoms with Crippen molar-refractivity contribution in [2.75, 3.05) is 0 Å². The van der Waals surface area contributed by atoms with Crippen LogP contribution in [0.2, 0.25) is 0 Å². The number of rotatable bonds is 1. The van der Waals surface area contributed by atoms with Gasteiger partial charge in [0.1, 0.15) is 0 Å². The summed E-state index contributed by atoms with van der Waals surface area (Å²) in [6, 6.07) is 16.2. The quantitative estimate of drug-likeness (QED) is 0.573. The maximum absolute atomic E-state index is 4.25. The van der Waals surface area contributed by atoms with E-state index in [1.807, 2.05) is 24.3 Å². The first kappa shape index (κ1) is 17.1. The summed E-state index contributed by atoms with van der Waals surface area (Å²) in [5.41, 5.74) is 2.41. The van der Waals surface area contributed by atoms with Crippen LogP contribution in [0.3, 0.4) is 0 Å². The van der Waals surface area contributed by atoms with Gasteiger partial charge in [-0.05, 0) is 35.4 Å². The summed E-state index contributed by atoms with van der Waals surface area (Å²) in [6.45, 7) is 0. The van der Waals surface area contributed by atoms with Crippen LogP contribution < -0.4 is 0 Å². The molecule has 0 N–H and O–H groups in total. The molecular formula is C12H10Na2S2. The minimum atomic E-state index is 0. The second-order valence-electron chi connectivity index (χ2n) is 3.09. The van der Waals surface area contributed by atoms with E-state index in [1.165, 1.54) is 11.1 Å². The SMILES string of the molecule is Sc1ccc(-c2ccc(S)cc2)cc1.[Na].[Na]. The van der Waals surface area contributed by atoms with E-state index in [0.29, 0.717) is 0 Å². The molecule has 0 saturated heterocycles. The molecule has 0 nitrogen and oxygen atoms in total. The number of thiol groups is 2. The van der Waals surface area contributed by atoms with Crippen molar-refractivity contribution in [3.63, 3.8) is 0 Å². The fourth-order valence-electron chi connectivity index (χ4n) is 1.31. The molecule has 2 radical (unpaired) electrons. The van der Waals surface area contributed by atoms with Crippen LogP contribution in [-0.4, -0.2) is 59.1 Å². The maximum atomic E-state index is 4.25. The largest absolute Gasteiger partial charge is 0.143 e. The van der Waals surface area contributed by atoms with Crippen LogP contribution in [0.5, 0.6) is 0 Å². The van der Waals surface area contributed by atoms with E-state index in [9.17, 15) is 0 Å². The van der Waals surface area contributed by atoms with Crippen LogP contribution in [0.25, 0.3) is 11.1 Å². The third-order valence-corrected chi connectivity index (χ3v) is 2.66. The fraction of sp³-hybridized carbons (Fsp3) is 0. The van der Waals surface area contributed by atoms with Crippen molar-refractivity contribution in [1.82, 2.24) is 0 Å². The second kappa shape index (κ2) is 8.28. The molecule has 72 valence electrons. The standard InChI is InChI=1S/C12H10S2.2Na/c13-11-5-1-9(2-6-11)10-3-7-12(14)8-4-10;;/h1-8,13-14H;;. The van der Waals surface area contributed by atoms with Gasteiger partial charge in [-0.15, -0.1) is 25.3 Å². The molecule has 2 aromatic carbocycles. The molecule has 16 heavy (non-hydrogen) atoms. The zero-order valence-corrected chi connectivity index (χ0v) is 15.3. The molecule has 0 saturated carbocycles. The van der Waals surface area contributed by atoms with Gasteiger partial charge in [0, 0.05) is 68.9 Å². The zero-order chi connectivity index (χ0) is 9.97. The van der Waals surface area contributed by atoms with Gasteiger partial charge in [0.15, 0.2) is 0 Å². The van der Waals surface area contributed by atoms with E-state index in [-0.39, 0.29) is 59.1 Å². The van der Waals surface area contributed by atoms with Gasteiger partial charge in [-0.1, -0.05) is 24.3 Å². The van der Waals surface area contributed by atoms with Gasteiger partial charge < -0.3 is 0 Å². The summed E-state index contributed by atoms with van der Waals surface area (Å²) in [5.74, 6) is 0. The van der Waals surface area contributed by atoms with Gasteiger partial charge in [0.25, 0.3) is 0 Å². The molecule has 0 spiro atoms. The van der Waals surface area contributed by atoms with Gasteiger partial charge in [0.2, 0.25) is 0 Å². The van der Waals surface area contributed by atoms with Crippen LogP contribution in [0, 0.1) is 0 Å². The molecule has 0 amide bonds.